The third kappa shape index (κ3) is 8.47. The lowest BCUT2D eigenvalue weighted by atomic mass is 9.98. The summed E-state index contributed by atoms with van der Waals surface area (Å²) in [5.41, 5.74) is 2.59. The van der Waals surface area contributed by atoms with E-state index in [1.165, 1.54) is 11.1 Å². The minimum Gasteiger partial charge on any atom is -0.394 e. The van der Waals surface area contributed by atoms with Crippen LogP contribution in [-0.4, -0.2) is 45.2 Å². The van der Waals surface area contributed by atoms with E-state index in [-0.39, 0.29) is 18.5 Å². The van der Waals surface area contributed by atoms with E-state index in [0.29, 0.717) is 12.8 Å². The first-order valence-corrected chi connectivity index (χ1v) is 10.6. The topological polar surface area (TPSA) is 36.9 Å². The molecule has 3 unspecified atom stereocenters. The fourth-order valence-electron chi connectivity index (χ4n) is 2.50. The Morgan fingerprint density at radius 1 is 1.00 bits per heavy atom. The van der Waals surface area contributed by atoms with Gasteiger partial charge in [0, 0.05) is 11.2 Å². The SMILES string of the molecule is CCC(O[Si])OC(OC(CC)O[Si])C(C)Cc1cccc(CCBr)c1. The number of alkyl halides is 1. The highest BCUT2D eigenvalue weighted by Gasteiger charge is 2.25. The summed E-state index contributed by atoms with van der Waals surface area (Å²) in [6.45, 7) is 6.10. The van der Waals surface area contributed by atoms with Crippen LogP contribution in [-0.2, 0) is 31.2 Å². The van der Waals surface area contributed by atoms with Crippen molar-refractivity contribution in [3.63, 3.8) is 0 Å². The van der Waals surface area contributed by atoms with E-state index in [0.717, 1.165) is 18.2 Å². The van der Waals surface area contributed by atoms with Crippen LogP contribution in [0.2, 0.25) is 0 Å². The molecule has 0 aliphatic rings. The van der Waals surface area contributed by atoms with Gasteiger partial charge in [-0.3, -0.25) is 0 Å². The Bertz CT molecular complexity index is 456. The molecule has 0 amide bonds. The number of halogens is 1. The molecule has 1 rings (SSSR count). The van der Waals surface area contributed by atoms with Crippen molar-refractivity contribution < 1.29 is 18.3 Å². The van der Waals surface area contributed by atoms with Crippen molar-refractivity contribution in [2.45, 2.75) is 65.3 Å². The molecule has 6 radical (unpaired) electrons. The van der Waals surface area contributed by atoms with Crippen molar-refractivity contribution in [1.82, 2.24) is 0 Å². The van der Waals surface area contributed by atoms with E-state index in [1.807, 2.05) is 13.8 Å². The zero-order valence-corrected chi connectivity index (χ0v) is 18.8. The summed E-state index contributed by atoms with van der Waals surface area (Å²) in [6.07, 6.45) is 2.08. The molecular weight excluding hydrogens is 416 g/mol. The summed E-state index contributed by atoms with van der Waals surface area (Å²) in [5.74, 6) is 0.131. The molecule has 0 saturated carbocycles. The van der Waals surface area contributed by atoms with Crippen LogP contribution in [0.3, 0.4) is 0 Å². The maximum atomic E-state index is 5.99. The Morgan fingerprint density at radius 3 is 2.04 bits per heavy atom. The van der Waals surface area contributed by atoms with Gasteiger partial charge in [0.15, 0.2) is 6.29 Å². The highest BCUT2D eigenvalue weighted by atomic mass is 79.9. The van der Waals surface area contributed by atoms with Crippen molar-refractivity contribution >= 4 is 36.9 Å². The van der Waals surface area contributed by atoms with Crippen molar-refractivity contribution in [3.05, 3.63) is 35.4 Å². The minimum atomic E-state index is -0.442. The average molecular weight is 443 g/mol. The summed E-state index contributed by atoms with van der Waals surface area (Å²) < 4.78 is 22.3. The van der Waals surface area contributed by atoms with Gasteiger partial charge in [0.2, 0.25) is 21.0 Å². The molecule has 25 heavy (non-hydrogen) atoms. The lowest BCUT2D eigenvalue weighted by Gasteiger charge is -2.31. The van der Waals surface area contributed by atoms with Gasteiger partial charge in [-0.25, -0.2) is 0 Å². The maximum Gasteiger partial charge on any atom is 0.249 e. The van der Waals surface area contributed by atoms with Crippen LogP contribution < -0.4 is 0 Å². The van der Waals surface area contributed by atoms with Crippen LogP contribution in [0, 0.1) is 5.92 Å². The van der Waals surface area contributed by atoms with E-state index in [2.05, 4.69) is 68.1 Å². The molecule has 0 saturated heterocycles. The summed E-state index contributed by atoms with van der Waals surface area (Å²) in [6, 6.07) is 8.63. The van der Waals surface area contributed by atoms with Crippen LogP contribution in [0.15, 0.2) is 24.3 Å². The molecule has 1 aromatic rings. The first kappa shape index (κ1) is 23.0. The van der Waals surface area contributed by atoms with Gasteiger partial charge in [-0.15, -0.1) is 0 Å². The van der Waals surface area contributed by atoms with Crippen LogP contribution in [0.5, 0.6) is 0 Å². The van der Waals surface area contributed by atoms with Gasteiger partial charge >= 0.3 is 0 Å². The van der Waals surface area contributed by atoms with Gasteiger partial charge in [0.05, 0.1) is 0 Å². The Labute approximate surface area is 167 Å². The Morgan fingerprint density at radius 2 is 1.56 bits per heavy atom. The number of rotatable bonds is 13. The molecule has 0 spiro atoms. The first-order chi connectivity index (χ1) is 12.1. The van der Waals surface area contributed by atoms with Crippen LogP contribution in [0.4, 0.5) is 0 Å². The summed E-state index contributed by atoms with van der Waals surface area (Å²) in [5, 5.41) is 0.960. The molecule has 0 bridgehead atoms. The van der Waals surface area contributed by atoms with E-state index in [4.69, 9.17) is 18.3 Å². The van der Waals surface area contributed by atoms with Crippen LogP contribution >= 0.6 is 15.9 Å². The van der Waals surface area contributed by atoms with Crippen molar-refractivity contribution in [1.29, 1.82) is 0 Å². The van der Waals surface area contributed by atoms with E-state index >= 15 is 0 Å². The molecule has 0 fully saturated rings. The lowest BCUT2D eigenvalue weighted by molar-refractivity contribution is -0.280. The second kappa shape index (κ2) is 13.2. The Kier molecular flexibility index (Phi) is 12.1. The molecule has 4 nitrogen and oxygen atoms in total. The van der Waals surface area contributed by atoms with Crippen LogP contribution in [0.1, 0.15) is 44.7 Å². The first-order valence-electron chi connectivity index (χ1n) is 8.67. The average Bonchev–Trinajstić information content (AvgIpc) is 2.62. The third-order valence-corrected chi connectivity index (χ3v) is 4.82. The molecule has 0 aromatic heterocycles. The fourth-order valence-corrected chi connectivity index (χ4v) is 3.41. The molecule has 3 atom stereocenters. The van der Waals surface area contributed by atoms with E-state index in [9.17, 15) is 0 Å². The van der Waals surface area contributed by atoms with Crippen molar-refractivity contribution in [3.8, 4) is 0 Å². The largest absolute Gasteiger partial charge is 0.394 e. The molecule has 1 aromatic carbocycles. The summed E-state index contributed by atoms with van der Waals surface area (Å²) >= 11 is 3.49. The molecule has 0 aliphatic carbocycles. The van der Waals surface area contributed by atoms with Gasteiger partial charge in [-0.1, -0.05) is 61.0 Å². The highest BCUT2D eigenvalue weighted by Crippen LogP contribution is 2.21. The lowest BCUT2D eigenvalue weighted by Crippen LogP contribution is -2.36. The summed E-state index contributed by atoms with van der Waals surface area (Å²) in [7, 11) is 6.15. The predicted molar refractivity (Wildman–Crippen MR) is 105 cm³/mol. The second-order valence-electron chi connectivity index (χ2n) is 5.99. The van der Waals surface area contributed by atoms with Gasteiger partial charge < -0.3 is 18.3 Å². The van der Waals surface area contributed by atoms with Gasteiger partial charge in [-0.05, 0) is 36.8 Å². The zero-order chi connectivity index (χ0) is 18.7. The second-order valence-corrected chi connectivity index (χ2v) is 7.26. The fraction of sp³-hybridized carbons (Fsp3) is 0.667. The number of aryl methyl sites for hydroxylation is 1. The zero-order valence-electron chi connectivity index (χ0n) is 15.2. The van der Waals surface area contributed by atoms with Crippen molar-refractivity contribution in [2.24, 2.45) is 5.92 Å². The predicted octanol–water partition coefficient (Wildman–Crippen LogP) is 3.83. The third-order valence-electron chi connectivity index (χ3n) is 3.90. The summed E-state index contributed by atoms with van der Waals surface area (Å²) in [4.78, 5) is 0. The molecule has 0 N–H and O–H groups in total. The smallest absolute Gasteiger partial charge is 0.249 e. The van der Waals surface area contributed by atoms with Crippen LogP contribution in [0.25, 0.3) is 0 Å². The van der Waals surface area contributed by atoms with Crippen molar-refractivity contribution in [2.75, 3.05) is 5.33 Å². The van der Waals surface area contributed by atoms with Gasteiger partial charge in [-0.2, -0.15) is 0 Å². The molecule has 0 heterocycles. The normalized spacial score (nSPS) is 16.4. The quantitative estimate of drug-likeness (QED) is 0.264. The maximum absolute atomic E-state index is 5.99. The minimum absolute atomic E-state index is 0.131. The standard InChI is InChI=1S/C18H27BrO4Si2/c1-4-16(22-24)20-18(21-17(5-2)23-25)13(3)11-15-8-6-7-14(12-15)9-10-19/h6-8,12-13,16-18H,4-5,9-11H2,1-3H3. The number of benzene rings is 1. The molecule has 0 aliphatic heterocycles. The molecule has 138 valence electrons. The number of hydrogen-bond donors (Lipinski definition) is 0. The number of ether oxygens (including phenoxy) is 2. The number of hydrogen-bond acceptors (Lipinski definition) is 4. The molecule has 7 heteroatoms. The van der Waals surface area contributed by atoms with Gasteiger partial charge in [0.25, 0.3) is 0 Å². The Hall–Kier alpha value is -0.0262. The monoisotopic (exact) mass is 442 g/mol. The molecular formula is C18H27BrO4Si2. The Balaban J connectivity index is 2.82. The van der Waals surface area contributed by atoms with E-state index in [1.54, 1.807) is 0 Å². The van der Waals surface area contributed by atoms with E-state index < -0.39 is 6.29 Å². The highest BCUT2D eigenvalue weighted by molar-refractivity contribution is 9.09. The van der Waals surface area contributed by atoms with Gasteiger partial charge in [0.1, 0.15) is 12.6 Å².